The maximum Gasteiger partial charge on any atom is 0.506 e. The zero-order chi connectivity index (χ0) is 10.1. The Balaban J connectivity index is 1.99. The molecule has 1 N–H and O–H groups in total. The fraction of sp³-hybridized carbons (Fsp3) is 0.300. The van der Waals surface area contributed by atoms with Gasteiger partial charge in [0.15, 0.2) is 0 Å². The highest BCUT2D eigenvalue weighted by Crippen LogP contribution is 2.43. The van der Waals surface area contributed by atoms with Crippen LogP contribution in [0.3, 0.4) is 0 Å². The van der Waals surface area contributed by atoms with Gasteiger partial charge in [0.05, 0.1) is 0 Å². The largest absolute Gasteiger partial charge is 0.506 e. The number of halogens is 1. The molecule has 4 heteroatoms. The van der Waals surface area contributed by atoms with Crippen molar-refractivity contribution in [3.63, 3.8) is 0 Å². The van der Waals surface area contributed by atoms with Gasteiger partial charge in [-0.2, -0.15) is 0 Å². The molecule has 0 spiro atoms. The second-order valence-corrected chi connectivity index (χ2v) is 3.75. The Hall–Kier alpha value is -1.22. The number of carboxylic acid groups (broad SMARTS) is 1. The predicted octanol–water partition coefficient (Wildman–Crippen LogP) is 2.89. The molecule has 1 aromatic carbocycles. The average Bonchev–Trinajstić information content (AvgIpc) is 2.84. The maximum atomic E-state index is 10.2. The molecule has 0 heterocycles. The van der Waals surface area contributed by atoms with E-state index < -0.39 is 6.16 Å². The SMILES string of the molecule is O=C(O)OC1CC1c1ccc(Cl)cc1. The van der Waals surface area contributed by atoms with Crippen LogP contribution in [0.1, 0.15) is 17.9 Å². The molecule has 1 aliphatic carbocycles. The molecule has 1 aliphatic rings. The average molecular weight is 213 g/mol. The minimum atomic E-state index is -1.20. The van der Waals surface area contributed by atoms with Crippen LogP contribution in [0.25, 0.3) is 0 Å². The summed E-state index contributed by atoms with van der Waals surface area (Å²) in [6, 6.07) is 7.40. The van der Waals surface area contributed by atoms with Crippen molar-refractivity contribution >= 4 is 17.8 Å². The Bertz CT molecular complexity index is 347. The van der Waals surface area contributed by atoms with Gasteiger partial charge in [0.1, 0.15) is 6.10 Å². The van der Waals surface area contributed by atoms with Gasteiger partial charge in [0.25, 0.3) is 0 Å². The van der Waals surface area contributed by atoms with Crippen LogP contribution >= 0.6 is 11.6 Å². The summed E-state index contributed by atoms with van der Waals surface area (Å²) in [5.41, 5.74) is 1.08. The molecular weight excluding hydrogens is 204 g/mol. The van der Waals surface area contributed by atoms with Crippen LogP contribution in [-0.4, -0.2) is 17.4 Å². The van der Waals surface area contributed by atoms with Crippen molar-refractivity contribution in [1.82, 2.24) is 0 Å². The minimum absolute atomic E-state index is 0.173. The lowest BCUT2D eigenvalue weighted by Crippen LogP contribution is -2.03. The van der Waals surface area contributed by atoms with Crippen molar-refractivity contribution in [3.8, 4) is 0 Å². The maximum absolute atomic E-state index is 10.2. The third-order valence-electron chi connectivity index (χ3n) is 2.28. The van der Waals surface area contributed by atoms with Crippen LogP contribution in [0.4, 0.5) is 4.79 Å². The van der Waals surface area contributed by atoms with Crippen LogP contribution in [0.5, 0.6) is 0 Å². The first kappa shape index (κ1) is 9.34. The number of rotatable bonds is 2. The highest BCUT2D eigenvalue weighted by atomic mass is 35.5. The van der Waals surface area contributed by atoms with E-state index in [1.165, 1.54) is 0 Å². The lowest BCUT2D eigenvalue weighted by atomic mass is 10.1. The van der Waals surface area contributed by atoms with Crippen molar-refractivity contribution in [1.29, 1.82) is 0 Å². The zero-order valence-corrected chi connectivity index (χ0v) is 8.07. The van der Waals surface area contributed by atoms with Crippen molar-refractivity contribution in [2.75, 3.05) is 0 Å². The minimum Gasteiger partial charge on any atom is -0.450 e. The van der Waals surface area contributed by atoms with Crippen molar-refractivity contribution in [3.05, 3.63) is 34.9 Å². The van der Waals surface area contributed by atoms with Gasteiger partial charge < -0.3 is 9.84 Å². The highest BCUT2D eigenvalue weighted by molar-refractivity contribution is 6.30. The molecule has 0 radical (unpaired) electrons. The molecule has 2 atom stereocenters. The number of hydrogen-bond donors (Lipinski definition) is 1. The summed E-state index contributed by atoms with van der Waals surface area (Å²) in [7, 11) is 0. The van der Waals surface area contributed by atoms with Gasteiger partial charge in [-0.1, -0.05) is 23.7 Å². The second kappa shape index (κ2) is 3.50. The van der Waals surface area contributed by atoms with Crippen LogP contribution < -0.4 is 0 Å². The molecule has 14 heavy (non-hydrogen) atoms. The van der Waals surface area contributed by atoms with Gasteiger partial charge in [0.2, 0.25) is 0 Å². The standard InChI is InChI=1S/C10H9ClO3/c11-7-3-1-6(2-4-7)8-5-9(8)14-10(12)13/h1-4,8-9H,5H2,(H,12,13). The molecular formula is C10H9ClO3. The summed E-state index contributed by atoms with van der Waals surface area (Å²) in [4.78, 5) is 10.2. The first-order valence-corrected chi connectivity index (χ1v) is 4.69. The molecule has 0 aliphatic heterocycles. The van der Waals surface area contributed by atoms with E-state index >= 15 is 0 Å². The summed E-state index contributed by atoms with van der Waals surface area (Å²) < 4.78 is 4.64. The second-order valence-electron chi connectivity index (χ2n) is 3.32. The van der Waals surface area contributed by atoms with Gasteiger partial charge in [-0.05, 0) is 24.1 Å². The number of hydrogen-bond acceptors (Lipinski definition) is 2. The third-order valence-corrected chi connectivity index (χ3v) is 2.53. The molecule has 0 bridgehead atoms. The smallest absolute Gasteiger partial charge is 0.450 e. The van der Waals surface area contributed by atoms with E-state index in [-0.39, 0.29) is 12.0 Å². The molecule has 1 fully saturated rings. The Morgan fingerprint density at radius 2 is 2.07 bits per heavy atom. The monoisotopic (exact) mass is 212 g/mol. The van der Waals surface area contributed by atoms with E-state index in [1.54, 1.807) is 12.1 Å². The van der Waals surface area contributed by atoms with Crippen LogP contribution in [0.2, 0.25) is 5.02 Å². The van der Waals surface area contributed by atoms with E-state index in [2.05, 4.69) is 4.74 Å². The number of carbonyl (C=O) groups is 1. The molecule has 3 nitrogen and oxygen atoms in total. The highest BCUT2D eigenvalue weighted by Gasteiger charge is 2.41. The molecule has 2 rings (SSSR count). The van der Waals surface area contributed by atoms with E-state index in [1.807, 2.05) is 12.1 Å². The van der Waals surface area contributed by atoms with Crippen molar-refractivity contribution in [2.24, 2.45) is 0 Å². The van der Waals surface area contributed by atoms with E-state index in [4.69, 9.17) is 16.7 Å². The molecule has 0 amide bonds. The van der Waals surface area contributed by atoms with Crippen LogP contribution in [0, 0.1) is 0 Å². The fourth-order valence-electron chi connectivity index (χ4n) is 1.49. The van der Waals surface area contributed by atoms with Crippen LogP contribution in [0.15, 0.2) is 24.3 Å². The Morgan fingerprint density at radius 1 is 1.43 bits per heavy atom. The first-order valence-electron chi connectivity index (χ1n) is 4.32. The lowest BCUT2D eigenvalue weighted by Gasteiger charge is -2.00. The number of benzene rings is 1. The normalized spacial score (nSPS) is 24.4. The predicted molar refractivity (Wildman–Crippen MR) is 51.7 cm³/mol. The quantitative estimate of drug-likeness (QED) is 0.767. The Kier molecular flexibility index (Phi) is 2.33. The molecule has 0 aromatic heterocycles. The van der Waals surface area contributed by atoms with E-state index in [0.717, 1.165) is 12.0 Å². The Labute approximate surface area is 86.3 Å². The van der Waals surface area contributed by atoms with Gasteiger partial charge >= 0.3 is 6.16 Å². The number of ether oxygens (including phenoxy) is 1. The first-order chi connectivity index (χ1) is 6.66. The van der Waals surface area contributed by atoms with E-state index in [9.17, 15) is 4.79 Å². The summed E-state index contributed by atoms with van der Waals surface area (Å²) in [5, 5.41) is 9.07. The fourth-order valence-corrected chi connectivity index (χ4v) is 1.62. The topological polar surface area (TPSA) is 46.5 Å². The van der Waals surface area contributed by atoms with Gasteiger partial charge in [0, 0.05) is 10.9 Å². The zero-order valence-electron chi connectivity index (χ0n) is 7.31. The van der Waals surface area contributed by atoms with Gasteiger partial charge in [-0.25, -0.2) is 4.79 Å². The summed E-state index contributed by atoms with van der Waals surface area (Å²) in [6.45, 7) is 0. The van der Waals surface area contributed by atoms with Crippen LogP contribution in [-0.2, 0) is 4.74 Å². The molecule has 1 aromatic rings. The summed E-state index contributed by atoms with van der Waals surface area (Å²) in [6.07, 6.45) is -0.603. The molecule has 0 saturated heterocycles. The molecule has 1 saturated carbocycles. The molecule has 74 valence electrons. The van der Waals surface area contributed by atoms with E-state index in [0.29, 0.717) is 5.02 Å². The lowest BCUT2D eigenvalue weighted by molar-refractivity contribution is 0.0834. The van der Waals surface area contributed by atoms with Gasteiger partial charge in [-0.15, -0.1) is 0 Å². The van der Waals surface area contributed by atoms with Gasteiger partial charge in [-0.3, -0.25) is 0 Å². The van der Waals surface area contributed by atoms with Crippen molar-refractivity contribution < 1.29 is 14.6 Å². The molecule has 2 unspecified atom stereocenters. The summed E-state index contributed by atoms with van der Waals surface area (Å²) >= 11 is 5.73. The Morgan fingerprint density at radius 3 is 2.64 bits per heavy atom. The third kappa shape index (κ3) is 1.99. The summed E-state index contributed by atoms with van der Waals surface area (Å²) in [5.74, 6) is 0.211. The van der Waals surface area contributed by atoms with Crippen molar-refractivity contribution in [2.45, 2.75) is 18.4 Å².